The molecule has 0 radical (unpaired) electrons. The standard InChI is InChI=1S/C25H29NO7S/c1-3-31-23-15-20-14-18(2)33-24(20)16-21(23)17-32-25(27)9-6-19-4-7-22(8-5-19)34(28,29)26-10-12-30-13-11-26/h4-9,15-16,18H,3,10-14,17H2,1-2H3/b9-6+. The van der Waals surface area contributed by atoms with Gasteiger partial charge in [-0.3, -0.25) is 0 Å². The Labute approximate surface area is 200 Å². The molecule has 9 heteroatoms. The zero-order chi connectivity index (χ0) is 24.1. The van der Waals surface area contributed by atoms with Crippen LogP contribution in [-0.2, 0) is 37.3 Å². The number of nitrogens with zero attached hydrogens (tertiary/aromatic N) is 1. The zero-order valence-electron chi connectivity index (χ0n) is 19.4. The predicted octanol–water partition coefficient (Wildman–Crippen LogP) is 3.19. The molecule has 182 valence electrons. The summed E-state index contributed by atoms with van der Waals surface area (Å²) in [6.45, 7) is 5.95. The number of esters is 1. The Morgan fingerprint density at radius 3 is 2.62 bits per heavy atom. The molecule has 1 saturated heterocycles. The van der Waals surface area contributed by atoms with Gasteiger partial charge in [-0.25, -0.2) is 13.2 Å². The van der Waals surface area contributed by atoms with Crippen LogP contribution in [-0.4, -0.2) is 57.7 Å². The minimum absolute atomic E-state index is 0.0558. The second-order valence-electron chi connectivity index (χ2n) is 8.16. The Hall–Kier alpha value is -2.88. The van der Waals surface area contributed by atoms with Crippen molar-refractivity contribution in [3.63, 3.8) is 0 Å². The molecule has 2 aliphatic rings. The van der Waals surface area contributed by atoms with Crippen molar-refractivity contribution in [3.8, 4) is 11.5 Å². The van der Waals surface area contributed by atoms with Crippen LogP contribution in [0.5, 0.6) is 11.5 Å². The van der Waals surface area contributed by atoms with Crippen LogP contribution in [0.4, 0.5) is 0 Å². The molecule has 0 aromatic heterocycles. The average Bonchev–Trinajstić information content (AvgIpc) is 3.21. The monoisotopic (exact) mass is 487 g/mol. The molecule has 0 N–H and O–H groups in total. The smallest absolute Gasteiger partial charge is 0.331 e. The van der Waals surface area contributed by atoms with Crippen LogP contribution >= 0.6 is 0 Å². The van der Waals surface area contributed by atoms with Gasteiger partial charge >= 0.3 is 5.97 Å². The first-order valence-electron chi connectivity index (χ1n) is 11.3. The van der Waals surface area contributed by atoms with E-state index in [4.69, 9.17) is 18.9 Å². The fourth-order valence-corrected chi connectivity index (χ4v) is 5.34. The number of carbonyl (C=O) groups is 1. The van der Waals surface area contributed by atoms with E-state index in [0.29, 0.717) is 44.2 Å². The van der Waals surface area contributed by atoms with Crippen molar-refractivity contribution < 1.29 is 32.2 Å². The summed E-state index contributed by atoms with van der Waals surface area (Å²) in [6.07, 6.45) is 3.84. The number of carbonyl (C=O) groups excluding carboxylic acids is 1. The van der Waals surface area contributed by atoms with Gasteiger partial charge in [-0.1, -0.05) is 12.1 Å². The number of hydrogen-bond acceptors (Lipinski definition) is 7. The second-order valence-corrected chi connectivity index (χ2v) is 10.1. The Balaban J connectivity index is 1.37. The van der Waals surface area contributed by atoms with E-state index < -0.39 is 16.0 Å². The fraction of sp³-hybridized carbons (Fsp3) is 0.400. The van der Waals surface area contributed by atoms with Gasteiger partial charge in [-0.05, 0) is 49.8 Å². The number of fused-ring (bicyclic) bond motifs is 1. The lowest BCUT2D eigenvalue weighted by Gasteiger charge is -2.26. The van der Waals surface area contributed by atoms with E-state index in [0.717, 1.165) is 23.3 Å². The van der Waals surface area contributed by atoms with Gasteiger partial charge in [0, 0.05) is 36.7 Å². The summed E-state index contributed by atoms with van der Waals surface area (Å²) in [7, 11) is -3.55. The van der Waals surface area contributed by atoms with E-state index in [1.807, 2.05) is 26.0 Å². The number of sulfonamides is 1. The quantitative estimate of drug-likeness (QED) is 0.417. The topological polar surface area (TPSA) is 91.4 Å². The van der Waals surface area contributed by atoms with Crippen molar-refractivity contribution >= 4 is 22.1 Å². The highest BCUT2D eigenvalue weighted by Crippen LogP contribution is 2.35. The maximum atomic E-state index is 12.7. The van der Waals surface area contributed by atoms with Crippen LogP contribution in [0, 0.1) is 0 Å². The summed E-state index contributed by atoms with van der Waals surface area (Å²) >= 11 is 0. The van der Waals surface area contributed by atoms with Crippen LogP contribution in [0.1, 0.15) is 30.5 Å². The van der Waals surface area contributed by atoms with E-state index in [-0.39, 0.29) is 17.6 Å². The summed E-state index contributed by atoms with van der Waals surface area (Å²) in [5.74, 6) is 0.972. The van der Waals surface area contributed by atoms with Gasteiger partial charge in [-0.15, -0.1) is 0 Å². The van der Waals surface area contributed by atoms with Gasteiger partial charge in [0.1, 0.15) is 24.2 Å². The lowest BCUT2D eigenvalue weighted by Crippen LogP contribution is -2.40. The van der Waals surface area contributed by atoms with Crippen molar-refractivity contribution in [1.82, 2.24) is 4.31 Å². The Bertz CT molecular complexity index is 1150. The minimum Gasteiger partial charge on any atom is -0.493 e. The Morgan fingerprint density at radius 2 is 1.91 bits per heavy atom. The maximum Gasteiger partial charge on any atom is 0.331 e. The molecule has 1 fully saturated rings. The molecule has 0 saturated carbocycles. The number of benzene rings is 2. The third-order valence-corrected chi connectivity index (χ3v) is 7.56. The van der Waals surface area contributed by atoms with Crippen LogP contribution in [0.2, 0.25) is 0 Å². The summed E-state index contributed by atoms with van der Waals surface area (Å²) < 4.78 is 49.0. The van der Waals surface area contributed by atoms with E-state index in [1.165, 1.54) is 22.5 Å². The van der Waals surface area contributed by atoms with Crippen molar-refractivity contribution in [3.05, 3.63) is 59.2 Å². The van der Waals surface area contributed by atoms with Crippen molar-refractivity contribution in [2.45, 2.75) is 37.9 Å². The summed E-state index contributed by atoms with van der Waals surface area (Å²) in [5, 5.41) is 0. The lowest BCUT2D eigenvalue weighted by atomic mass is 10.1. The minimum atomic E-state index is -3.55. The lowest BCUT2D eigenvalue weighted by molar-refractivity contribution is -0.138. The molecule has 0 spiro atoms. The summed E-state index contributed by atoms with van der Waals surface area (Å²) in [6, 6.07) is 10.2. The Morgan fingerprint density at radius 1 is 1.18 bits per heavy atom. The molecule has 1 unspecified atom stereocenters. The van der Waals surface area contributed by atoms with E-state index in [9.17, 15) is 13.2 Å². The molecule has 0 bridgehead atoms. The molecule has 1 atom stereocenters. The van der Waals surface area contributed by atoms with Gasteiger partial charge in [0.2, 0.25) is 10.0 Å². The highest BCUT2D eigenvalue weighted by Gasteiger charge is 2.26. The number of ether oxygens (including phenoxy) is 4. The van der Waals surface area contributed by atoms with Gasteiger partial charge < -0.3 is 18.9 Å². The first-order chi connectivity index (χ1) is 16.4. The van der Waals surface area contributed by atoms with E-state index in [2.05, 4.69) is 0 Å². The predicted molar refractivity (Wildman–Crippen MR) is 126 cm³/mol. The van der Waals surface area contributed by atoms with Gasteiger partial charge in [0.05, 0.1) is 24.7 Å². The molecule has 34 heavy (non-hydrogen) atoms. The highest BCUT2D eigenvalue weighted by molar-refractivity contribution is 7.89. The molecular formula is C25H29NO7S. The third kappa shape index (κ3) is 5.60. The van der Waals surface area contributed by atoms with E-state index >= 15 is 0 Å². The second kappa shape index (κ2) is 10.6. The molecule has 4 rings (SSSR count). The van der Waals surface area contributed by atoms with Gasteiger partial charge in [0.25, 0.3) is 0 Å². The fourth-order valence-electron chi connectivity index (χ4n) is 3.93. The van der Waals surface area contributed by atoms with Crippen LogP contribution in [0.3, 0.4) is 0 Å². The van der Waals surface area contributed by atoms with Crippen molar-refractivity contribution in [2.75, 3.05) is 32.9 Å². The van der Waals surface area contributed by atoms with Gasteiger partial charge in [0.15, 0.2) is 0 Å². The van der Waals surface area contributed by atoms with Crippen LogP contribution in [0.15, 0.2) is 47.4 Å². The first kappa shape index (κ1) is 24.3. The number of morpholine rings is 1. The first-order valence-corrected chi connectivity index (χ1v) is 12.8. The normalized spacial score (nSPS) is 18.5. The molecule has 2 aliphatic heterocycles. The van der Waals surface area contributed by atoms with Crippen molar-refractivity contribution in [2.24, 2.45) is 0 Å². The average molecular weight is 488 g/mol. The zero-order valence-corrected chi connectivity index (χ0v) is 20.2. The molecule has 2 aromatic rings. The number of hydrogen-bond donors (Lipinski definition) is 0. The summed E-state index contributed by atoms with van der Waals surface area (Å²) in [4.78, 5) is 12.5. The van der Waals surface area contributed by atoms with Gasteiger partial charge in [-0.2, -0.15) is 4.31 Å². The number of rotatable bonds is 8. The molecular weight excluding hydrogens is 458 g/mol. The van der Waals surface area contributed by atoms with Crippen molar-refractivity contribution in [1.29, 1.82) is 0 Å². The highest BCUT2D eigenvalue weighted by atomic mass is 32.2. The Kier molecular flexibility index (Phi) is 7.55. The molecule has 0 amide bonds. The van der Waals surface area contributed by atoms with Crippen LogP contribution in [0.25, 0.3) is 6.08 Å². The van der Waals surface area contributed by atoms with Crippen LogP contribution < -0.4 is 9.47 Å². The molecule has 2 heterocycles. The molecule has 2 aromatic carbocycles. The third-order valence-electron chi connectivity index (χ3n) is 5.65. The maximum absolute atomic E-state index is 12.7. The molecule has 0 aliphatic carbocycles. The largest absolute Gasteiger partial charge is 0.493 e. The summed E-state index contributed by atoms with van der Waals surface area (Å²) in [5.41, 5.74) is 2.52. The molecule has 8 nitrogen and oxygen atoms in total. The SMILES string of the molecule is CCOc1cc2c(cc1COC(=O)/C=C/c1ccc(S(=O)(=O)N3CCOCC3)cc1)OC(C)C2. The van der Waals surface area contributed by atoms with E-state index in [1.54, 1.807) is 18.2 Å².